The molecule has 1 aliphatic rings. The second kappa shape index (κ2) is 7.92. The first-order valence-electron chi connectivity index (χ1n) is 8.57. The summed E-state index contributed by atoms with van der Waals surface area (Å²) in [5.41, 5.74) is 3.76. The number of benzene rings is 2. The monoisotopic (exact) mass is 391 g/mol. The number of hydrazone groups is 1. The van der Waals surface area contributed by atoms with E-state index in [0.29, 0.717) is 22.4 Å². The molecule has 0 saturated heterocycles. The van der Waals surface area contributed by atoms with Crippen molar-refractivity contribution in [3.63, 3.8) is 0 Å². The van der Waals surface area contributed by atoms with Crippen LogP contribution in [-0.4, -0.2) is 23.0 Å². The Labute approximate surface area is 164 Å². The Kier molecular flexibility index (Phi) is 5.01. The van der Waals surface area contributed by atoms with Gasteiger partial charge in [0.2, 0.25) is 5.95 Å². The Hall–Kier alpha value is -4.03. The topological polar surface area (TPSA) is 112 Å². The van der Waals surface area contributed by atoms with E-state index < -0.39 is 11.4 Å². The molecule has 144 valence electrons. The summed E-state index contributed by atoms with van der Waals surface area (Å²) in [5.74, 6) is 0.0728. The summed E-state index contributed by atoms with van der Waals surface area (Å²) < 4.78 is 24.4. The summed E-state index contributed by atoms with van der Waals surface area (Å²) in [4.78, 5) is 19.0. The zero-order valence-electron chi connectivity index (χ0n) is 15.0. The van der Waals surface area contributed by atoms with Crippen LogP contribution in [0, 0.1) is 17.1 Å². The van der Waals surface area contributed by atoms with E-state index in [1.54, 1.807) is 24.3 Å². The minimum absolute atomic E-state index is 0.0404. The zero-order valence-corrected chi connectivity index (χ0v) is 15.0. The Morgan fingerprint density at radius 2 is 2.14 bits per heavy atom. The van der Waals surface area contributed by atoms with Crippen LogP contribution in [0.3, 0.4) is 0 Å². The molecule has 0 fully saturated rings. The molecule has 8 nitrogen and oxygen atoms in total. The summed E-state index contributed by atoms with van der Waals surface area (Å²) in [6.45, 7) is 0.310. The molecule has 0 bridgehead atoms. The second-order valence-corrected chi connectivity index (χ2v) is 6.08. The van der Waals surface area contributed by atoms with Crippen LogP contribution < -0.4 is 15.7 Å². The molecule has 0 saturated carbocycles. The van der Waals surface area contributed by atoms with Gasteiger partial charge in [0.05, 0.1) is 18.5 Å². The number of aromatic nitrogens is 2. The van der Waals surface area contributed by atoms with E-state index in [0.717, 1.165) is 0 Å². The van der Waals surface area contributed by atoms with Gasteiger partial charge in [-0.15, -0.1) is 0 Å². The molecule has 0 radical (unpaired) electrons. The first kappa shape index (κ1) is 18.3. The number of aromatic amines is 1. The van der Waals surface area contributed by atoms with Gasteiger partial charge in [0.15, 0.2) is 6.79 Å². The highest BCUT2D eigenvalue weighted by atomic mass is 19.1. The summed E-state index contributed by atoms with van der Waals surface area (Å²) in [7, 11) is 0. The highest BCUT2D eigenvalue weighted by Crippen LogP contribution is 2.28. The summed E-state index contributed by atoms with van der Waals surface area (Å²) in [6, 6.07) is 13.4. The number of anilines is 1. The maximum Gasteiger partial charge on any atom is 0.270 e. The lowest BCUT2D eigenvalue weighted by atomic mass is 10.1. The lowest BCUT2D eigenvalue weighted by Gasteiger charge is -2.19. The number of nitrogens with one attached hydrogen (secondary N) is 2. The summed E-state index contributed by atoms with van der Waals surface area (Å²) in [5, 5.41) is 13.3. The molecule has 2 aromatic carbocycles. The van der Waals surface area contributed by atoms with Crippen molar-refractivity contribution >= 4 is 12.2 Å². The smallest absolute Gasteiger partial charge is 0.270 e. The number of ether oxygens (including phenoxy) is 2. The Bertz CT molecular complexity index is 1190. The maximum atomic E-state index is 13.8. The van der Waals surface area contributed by atoms with Crippen molar-refractivity contribution in [2.75, 3.05) is 12.2 Å². The van der Waals surface area contributed by atoms with Gasteiger partial charge in [-0.2, -0.15) is 10.4 Å². The van der Waals surface area contributed by atoms with Gasteiger partial charge >= 0.3 is 0 Å². The third kappa shape index (κ3) is 3.83. The lowest BCUT2D eigenvalue weighted by Crippen LogP contribution is -2.16. The molecule has 2 heterocycles. The molecule has 2 N–H and O–H groups in total. The van der Waals surface area contributed by atoms with Crippen molar-refractivity contribution in [2.45, 2.75) is 6.61 Å². The van der Waals surface area contributed by atoms with Crippen molar-refractivity contribution < 1.29 is 13.9 Å². The molecular formula is C20H14FN5O3. The first-order chi connectivity index (χ1) is 14.2. The fourth-order valence-corrected chi connectivity index (χ4v) is 2.90. The SMILES string of the molecule is N#Cc1c(-c2ccccc2)nc(NN=Cc2cc(F)cc3c2OCOC3)[nH]c1=O. The number of hydrogen-bond donors (Lipinski definition) is 2. The molecule has 3 aromatic rings. The average Bonchev–Trinajstić information content (AvgIpc) is 2.74. The predicted octanol–water partition coefficient (Wildman–Crippen LogP) is 2.76. The second-order valence-electron chi connectivity index (χ2n) is 6.08. The predicted molar refractivity (Wildman–Crippen MR) is 103 cm³/mol. The van der Waals surface area contributed by atoms with Crippen LogP contribution in [0.2, 0.25) is 0 Å². The van der Waals surface area contributed by atoms with Crippen molar-refractivity contribution in [1.29, 1.82) is 5.26 Å². The number of fused-ring (bicyclic) bond motifs is 1. The van der Waals surface area contributed by atoms with Crippen LogP contribution >= 0.6 is 0 Å². The van der Waals surface area contributed by atoms with Gasteiger partial charge in [-0.25, -0.2) is 14.8 Å². The van der Waals surface area contributed by atoms with E-state index in [1.807, 2.05) is 12.1 Å². The lowest BCUT2D eigenvalue weighted by molar-refractivity contribution is -0.0166. The molecule has 0 aliphatic carbocycles. The van der Waals surface area contributed by atoms with Gasteiger partial charge in [-0.3, -0.25) is 9.78 Å². The molecular weight excluding hydrogens is 377 g/mol. The number of nitriles is 1. The number of nitrogens with zero attached hydrogens (tertiary/aromatic N) is 3. The number of H-pyrrole nitrogens is 1. The summed E-state index contributed by atoms with van der Waals surface area (Å²) >= 11 is 0. The van der Waals surface area contributed by atoms with Gasteiger partial charge in [0.25, 0.3) is 5.56 Å². The molecule has 29 heavy (non-hydrogen) atoms. The molecule has 4 rings (SSSR count). The minimum atomic E-state index is -0.595. The largest absolute Gasteiger partial charge is 0.466 e. The van der Waals surface area contributed by atoms with Gasteiger partial charge in [0, 0.05) is 16.7 Å². The van der Waals surface area contributed by atoms with Crippen LogP contribution in [0.5, 0.6) is 5.75 Å². The number of halogens is 1. The van der Waals surface area contributed by atoms with Crippen molar-refractivity contribution in [1.82, 2.24) is 9.97 Å². The highest BCUT2D eigenvalue weighted by Gasteiger charge is 2.16. The first-order valence-corrected chi connectivity index (χ1v) is 8.57. The van der Waals surface area contributed by atoms with Crippen LogP contribution in [-0.2, 0) is 11.3 Å². The molecule has 0 atom stereocenters. The number of hydrogen-bond acceptors (Lipinski definition) is 7. The molecule has 0 unspecified atom stereocenters. The van der Waals surface area contributed by atoms with Crippen LogP contribution in [0.25, 0.3) is 11.3 Å². The van der Waals surface area contributed by atoms with Gasteiger partial charge < -0.3 is 9.47 Å². The van der Waals surface area contributed by atoms with Crippen LogP contribution in [0.1, 0.15) is 16.7 Å². The maximum absolute atomic E-state index is 13.8. The van der Waals surface area contributed by atoms with E-state index in [4.69, 9.17) is 9.47 Å². The van der Waals surface area contributed by atoms with Gasteiger partial charge in [0.1, 0.15) is 23.2 Å². The molecule has 1 aliphatic heterocycles. The van der Waals surface area contributed by atoms with Crippen LogP contribution in [0.15, 0.2) is 52.4 Å². The molecule has 9 heteroatoms. The van der Waals surface area contributed by atoms with E-state index in [-0.39, 0.29) is 30.6 Å². The fourth-order valence-electron chi connectivity index (χ4n) is 2.90. The van der Waals surface area contributed by atoms with Crippen molar-refractivity contribution in [3.05, 3.63) is 75.3 Å². The van der Waals surface area contributed by atoms with Gasteiger partial charge in [-0.1, -0.05) is 30.3 Å². The average molecular weight is 391 g/mol. The number of rotatable bonds is 4. The van der Waals surface area contributed by atoms with E-state index in [9.17, 15) is 14.4 Å². The normalized spacial score (nSPS) is 12.8. The fraction of sp³-hybridized carbons (Fsp3) is 0.100. The minimum Gasteiger partial charge on any atom is -0.466 e. The van der Waals surface area contributed by atoms with Crippen molar-refractivity contribution in [3.8, 4) is 23.1 Å². The highest BCUT2D eigenvalue weighted by molar-refractivity contribution is 5.85. The Morgan fingerprint density at radius 3 is 2.93 bits per heavy atom. The standard InChI is InChI=1S/C20H14FN5O3/c21-15-6-13(18-14(7-15)10-28-11-29-18)9-23-26-20-24-17(12-4-2-1-3-5-12)16(8-22)19(27)25-20/h1-7,9H,10-11H2,(H2,24,25,26,27). The summed E-state index contributed by atoms with van der Waals surface area (Å²) in [6.07, 6.45) is 1.35. The molecule has 0 amide bonds. The Morgan fingerprint density at radius 1 is 1.31 bits per heavy atom. The van der Waals surface area contributed by atoms with E-state index >= 15 is 0 Å². The quantitative estimate of drug-likeness (QED) is 0.522. The van der Waals surface area contributed by atoms with E-state index in [1.165, 1.54) is 18.3 Å². The van der Waals surface area contributed by atoms with Gasteiger partial charge in [-0.05, 0) is 12.1 Å². The molecule has 0 spiro atoms. The third-order valence-electron chi connectivity index (χ3n) is 4.16. The van der Waals surface area contributed by atoms with Crippen molar-refractivity contribution in [2.24, 2.45) is 5.10 Å². The third-order valence-corrected chi connectivity index (χ3v) is 4.16. The van der Waals surface area contributed by atoms with E-state index in [2.05, 4.69) is 20.5 Å². The zero-order chi connectivity index (χ0) is 20.2. The Balaban J connectivity index is 1.65. The molecule has 1 aromatic heterocycles. The van der Waals surface area contributed by atoms with Crippen LogP contribution in [0.4, 0.5) is 10.3 Å².